The minimum atomic E-state index is -1.63. The summed E-state index contributed by atoms with van der Waals surface area (Å²) >= 11 is 2.38. The summed E-state index contributed by atoms with van der Waals surface area (Å²) in [5, 5.41) is 10.2. The molecule has 17 heteroatoms. The number of nitrogens with zero attached hydrogens (tertiary/aromatic N) is 3. The van der Waals surface area contributed by atoms with Gasteiger partial charge in [-0.3, -0.25) is 19.8 Å². The van der Waals surface area contributed by atoms with Crippen LogP contribution in [0.25, 0.3) is 0 Å². The van der Waals surface area contributed by atoms with Crippen molar-refractivity contribution >= 4 is 63.8 Å². The van der Waals surface area contributed by atoms with E-state index in [1.807, 2.05) is 6.92 Å². The van der Waals surface area contributed by atoms with Gasteiger partial charge in [0.05, 0.1) is 7.11 Å². The summed E-state index contributed by atoms with van der Waals surface area (Å²) in [7, 11) is 1.56. The van der Waals surface area contributed by atoms with E-state index in [2.05, 4.69) is 20.8 Å². The second-order valence-corrected chi connectivity index (χ2v) is 16.3. The number of thioether (sulfide) groups is 1. The predicted octanol–water partition coefficient (Wildman–Crippen LogP) is 5.15. The van der Waals surface area contributed by atoms with Gasteiger partial charge in [0.25, 0.3) is 11.8 Å². The normalized spacial score (nSPS) is 17.8. The Morgan fingerprint density at radius 1 is 1.00 bits per heavy atom. The van der Waals surface area contributed by atoms with E-state index < -0.39 is 58.1 Å². The van der Waals surface area contributed by atoms with E-state index >= 15 is 0 Å². The van der Waals surface area contributed by atoms with E-state index in [-0.39, 0.29) is 28.8 Å². The molecule has 2 N–H and O–H groups in total. The molecule has 0 aliphatic carbocycles. The van der Waals surface area contributed by atoms with Crippen LogP contribution in [0, 0.1) is 0 Å². The zero-order valence-electron chi connectivity index (χ0n) is 30.9. The highest BCUT2D eigenvalue weighted by Crippen LogP contribution is 2.41. The number of hydrogen-bond donors (Lipinski definition) is 2. The molecular formula is C35H45N5O10S2. The summed E-state index contributed by atoms with van der Waals surface area (Å²) in [4.78, 5) is 77.3. The molecule has 3 heterocycles. The second kappa shape index (κ2) is 15.9. The average molecular weight is 760 g/mol. The van der Waals surface area contributed by atoms with Crippen LogP contribution in [0.1, 0.15) is 80.0 Å². The van der Waals surface area contributed by atoms with Gasteiger partial charge in [0.2, 0.25) is 5.60 Å². The number of oxime groups is 1. The standard InChI is InChI=1S/C35H45N5O10S2/c1-11-20-17-51-28-24(27(42)40(28)25(20)29(43)47-16-19-12-14-21(46-10)15-13-19)37-26(41)23(39-50-35(8,9)30(44)48-33(2,3)4)22-18-52-31(36-22)38-32(45)49-34(5,6)7/h12-15,18,24,28H,11,16-17H2,1-10H3,(H,37,41)(H,36,38,45)/b39-23-. The van der Waals surface area contributed by atoms with Crippen LogP contribution in [0.4, 0.5) is 9.93 Å². The topological polar surface area (TPSA) is 184 Å². The van der Waals surface area contributed by atoms with Crippen molar-refractivity contribution in [2.24, 2.45) is 5.16 Å². The Kier molecular flexibility index (Phi) is 12.3. The monoisotopic (exact) mass is 759 g/mol. The first kappa shape index (κ1) is 40.1. The van der Waals surface area contributed by atoms with Crippen LogP contribution >= 0.6 is 23.1 Å². The van der Waals surface area contributed by atoms with E-state index in [4.69, 9.17) is 23.8 Å². The first-order valence-electron chi connectivity index (χ1n) is 16.5. The van der Waals surface area contributed by atoms with Gasteiger partial charge in [-0.05, 0) is 85.1 Å². The van der Waals surface area contributed by atoms with Gasteiger partial charge in [-0.25, -0.2) is 19.4 Å². The lowest BCUT2D eigenvalue weighted by atomic mass is 10.0. The number of anilines is 1. The van der Waals surface area contributed by atoms with E-state index in [1.54, 1.807) is 72.9 Å². The Morgan fingerprint density at radius 3 is 2.25 bits per heavy atom. The van der Waals surface area contributed by atoms with Gasteiger partial charge in [-0.2, -0.15) is 0 Å². The molecule has 15 nitrogen and oxygen atoms in total. The smallest absolute Gasteiger partial charge is 0.413 e. The minimum absolute atomic E-state index is 0.00978. The van der Waals surface area contributed by atoms with Crippen molar-refractivity contribution < 1.29 is 47.8 Å². The SMILES string of the molecule is CCC1=C(C(=O)OCc2ccc(OC)cc2)N2C(=O)C(NC(=O)/C(=N\OC(C)(C)C(=O)OC(C)(C)C)c3csc(NC(=O)OC(C)(C)C)n3)C2SC1. The van der Waals surface area contributed by atoms with Crippen LogP contribution in [0.2, 0.25) is 0 Å². The van der Waals surface area contributed by atoms with Crippen molar-refractivity contribution in [3.05, 3.63) is 52.2 Å². The Hall–Kier alpha value is -4.64. The van der Waals surface area contributed by atoms with E-state index in [0.29, 0.717) is 17.9 Å². The van der Waals surface area contributed by atoms with Gasteiger partial charge in [0.1, 0.15) is 46.4 Å². The maximum Gasteiger partial charge on any atom is 0.413 e. The van der Waals surface area contributed by atoms with Crippen molar-refractivity contribution in [1.29, 1.82) is 0 Å². The van der Waals surface area contributed by atoms with Crippen molar-refractivity contribution in [1.82, 2.24) is 15.2 Å². The third-order valence-corrected chi connectivity index (χ3v) is 9.41. The van der Waals surface area contributed by atoms with Crippen LogP contribution in [0.5, 0.6) is 5.75 Å². The van der Waals surface area contributed by atoms with Gasteiger partial charge in [0, 0.05) is 11.1 Å². The van der Waals surface area contributed by atoms with Crippen LogP contribution in [0.3, 0.4) is 0 Å². The van der Waals surface area contributed by atoms with E-state index in [0.717, 1.165) is 22.5 Å². The highest BCUT2D eigenvalue weighted by atomic mass is 32.2. The number of fused-ring (bicyclic) bond motifs is 1. The molecule has 2 atom stereocenters. The fraction of sp³-hybridized carbons (Fsp3) is 0.514. The summed E-state index contributed by atoms with van der Waals surface area (Å²) < 4.78 is 21.5. The number of hydrogen-bond acceptors (Lipinski definition) is 14. The van der Waals surface area contributed by atoms with E-state index in [9.17, 15) is 24.0 Å². The molecule has 1 fully saturated rings. The number of aromatic nitrogens is 1. The van der Waals surface area contributed by atoms with Crippen molar-refractivity contribution in [2.45, 2.75) is 104 Å². The van der Waals surface area contributed by atoms with Crippen molar-refractivity contribution in [3.8, 4) is 5.75 Å². The van der Waals surface area contributed by atoms with Crippen molar-refractivity contribution in [2.75, 3.05) is 18.2 Å². The number of ether oxygens (including phenoxy) is 4. The summed E-state index contributed by atoms with van der Waals surface area (Å²) in [6.45, 7) is 14.9. The maximum absolute atomic E-state index is 13.9. The largest absolute Gasteiger partial charge is 0.497 e. The number of β-lactam (4-membered cyclic amide) rings is 1. The third-order valence-electron chi connectivity index (χ3n) is 7.31. The number of thiazole rings is 1. The maximum atomic E-state index is 13.9. The molecule has 4 rings (SSSR count). The summed E-state index contributed by atoms with van der Waals surface area (Å²) in [5.41, 5.74) is -1.96. The molecule has 0 saturated carbocycles. The van der Waals surface area contributed by atoms with Gasteiger partial charge in [-0.15, -0.1) is 23.1 Å². The molecule has 1 aromatic heterocycles. The van der Waals surface area contributed by atoms with Crippen LogP contribution in [0.15, 0.2) is 46.1 Å². The molecule has 2 aromatic rings. The van der Waals surface area contributed by atoms with Crippen LogP contribution < -0.4 is 15.4 Å². The van der Waals surface area contributed by atoms with E-state index in [1.165, 1.54) is 35.9 Å². The Labute approximate surface area is 310 Å². The number of amides is 3. The summed E-state index contributed by atoms with van der Waals surface area (Å²) in [6.07, 6.45) is -0.246. The predicted molar refractivity (Wildman–Crippen MR) is 195 cm³/mol. The lowest BCUT2D eigenvalue weighted by molar-refractivity contribution is -0.179. The number of benzene rings is 1. The van der Waals surface area contributed by atoms with Crippen molar-refractivity contribution in [3.63, 3.8) is 0 Å². The van der Waals surface area contributed by atoms with Crippen LogP contribution in [-0.2, 0) is 44.8 Å². The molecule has 282 valence electrons. The molecule has 0 spiro atoms. The van der Waals surface area contributed by atoms with Gasteiger partial charge in [-0.1, -0.05) is 24.2 Å². The second-order valence-electron chi connectivity index (χ2n) is 14.3. The number of esters is 2. The van der Waals surface area contributed by atoms with Crippen LogP contribution in [-0.4, -0.2) is 86.5 Å². The highest BCUT2D eigenvalue weighted by molar-refractivity contribution is 8.00. The fourth-order valence-electron chi connectivity index (χ4n) is 4.72. The van der Waals surface area contributed by atoms with Gasteiger partial charge < -0.3 is 29.1 Å². The zero-order chi connectivity index (χ0) is 38.6. The zero-order valence-corrected chi connectivity index (χ0v) is 32.5. The lowest BCUT2D eigenvalue weighted by Gasteiger charge is -2.49. The number of carbonyl (C=O) groups excluding carboxylic acids is 5. The fourth-order valence-corrected chi connectivity index (χ4v) is 6.85. The summed E-state index contributed by atoms with van der Waals surface area (Å²) in [6, 6.07) is 6.02. The molecule has 0 bridgehead atoms. The molecule has 2 unspecified atom stereocenters. The number of rotatable bonds is 12. The molecule has 1 aromatic carbocycles. The third kappa shape index (κ3) is 10.0. The Bertz CT molecular complexity index is 1760. The molecule has 0 radical (unpaired) electrons. The Morgan fingerprint density at radius 2 is 1.65 bits per heavy atom. The molecular weight excluding hydrogens is 715 g/mol. The average Bonchev–Trinajstić information content (AvgIpc) is 3.51. The molecule has 1 saturated heterocycles. The quantitative estimate of drug-likeness (QED) is 0.0956. The van der Waals surface area contributed by atoms with Gasteiger partial charge >= 0.3 is 18.0 Å². The molecule has 2 aliphatic heterocycles. The summed E-state index contributed by atoms with van der Waals surface area (Å²) in [5.74, 6) is -1.65. The lowest BCUT2D eigenvalue weighted by Crippen LogP contribution is -2.71. The number of methoxy groups -OCH3 is 1. The minimum Gasteiger partial charge on any atom is -0.497 e. The first-order valence-corrected chi connectivity index (χ1v) is 18.4. The molecule has 3 amide bonds. The van der Waals surface area contributed by atoms with Gasteiger partial charge in [0.15, 0.2) is 10.8 Å². The molecule has 52 heavy (non-hydrogen) atoms. The first-order chi connectivity index (χ1) is 24.2. The molecule has 2 aliphatic rings. The Balaban J connectivity index is 1.54. The highest BCUT2D eigenvalue weighted by Gasteiger charge is 2.54. The number of carbonyl (C=O) groups is 5. The number of nitrogens with one attached hydrogen (secondary N) is 2.